The highest BCUT2D eigenvalue weighted by atomic mass is 16.4. The Morgan fingerprint density at radius 3 is 2.28 bits per heavy atom. The minimum atomic E-state index is -0.828. The Morgan fingerprint density at radius 1 is 1.04 bits per heavy atom. The Labute approximate surface area is 149 Å². The van der Waals surface area contributed by atoms with Gasteiger partial charge < -0.3 is 15.7 Å². The number of amides is 2. The highest BCUT2D eigenvalue weighted by Gasteiger charge is 2.39. The number of rotatable bonds is 9. The standard InChI is InChI=1S/C20H28N2O3/c23-18(24)12-11-17(13-14-5-2-1-3-6-14)21-20(25)22-19(16-9-10-16)15-7-4-8-15/h1-3,5-6,15-17,19H,4,7-13H2,(H,23,24)(H2,21,22,25). The van der Waals surface area contributed by atoms with Gasteiger partial charge in [-0.25, -0.2) is 4.79 Å². The van der Waals surface area contributed by atoms with Gasteiger partial charge in [0.1, 0.15) is 0 Å². The number of carbonyl (C=O) groups is 2. The Hall–Kier alpha value is -2.04. The summed E-state index contributed by atoms with van der Waals surface area (Å²) in [5.41, 5.74) is 1.11. The third kappa shape index (κ3) is 5.48. The van der Waals surface area contributed by atoms with Crippen LogP contribution in [0.4, 0.5) is 4.79 Å². The van der Waals surface area contributed by atoms with Crippen LogP contribution in [0.5, 0.6) is 0 Å². The van der Waals surface area contributed by atoms with Crippen molar-refractivity contribution >= 4 is 12.0 Å². The van der Waals surface area contributed by atoms with Crippen LogP contribution in [0.3, 0.4) is 0 Å². The number of carbonyl (C=O) groups excluding carboxylic acids is 1. The summed E-state index contributed by atoms with van der Waals surface area (Å²) in [5.74, 6) is 0.443. The van der Waals surface area contributed by atoms with E-state index in [9.17, 15) is 9.59 Å². The second-order valence-electron chi connectivity index (χ2n) is 7.49. The number of aliphatic carboxylic acids is 1. The highest BCUT2D eigenvalue weighted by Crippen LogP contribution is 2.42. The van der Waals surface area contributed by atoms with Gasteiger partial charge in [-0.1, -0.05) is 36.8 Å². The van der Waals surface area contributed by atoms with E-state index in [2.05, 4.69) is 10.6 Å². The van der Waals surface area contributed by atoms with Crippen LogP contribution in [0.25, 0.3) is 0 Å². The lowest BCUT2D eigenvalue weighted by Gasteiger charge is -2.35. The normalized spacial score (nSPS) is 19.5. The molecule has 5 nitrogen and oxygen atoms in total. The minimum Gasteiger partial charge on any atom is -0.481 e. The number of carboxylic acid groups (broad SMARTS) is 1. The van der Waals surface area contributed by atoms with Crippen molar-refractivity contribution < 1.29 is 14.7 Å². The summed E-state index contributed by atoms with van der Waals surface area (Å²) in [7, 11) is 0. The van der Waals surface area contributed by atoms with Crippen LogP contribution in [-0.4, -0.2) is 29.2 Å². The molecule has 2 unspecified atom stereocenters. The van der Waals surface area contributed by atoms with Gasteiger partial charge in [-0.2, -0.15) is 0 Å². The molecular formula is C20H28N2O3. The molecule has 0 spiro atoms. The first-order valence-corrected chi connectivity index (χ1v) is 9.44. The van der Waals surface area contributed by atoms with E-state index in [0.717, 1.165) is 5.56 Å². The number of carboxylic acids is 1. The summed E-state index contributed by atoms with van der Waals surface area (Å²) in [6.45, 7) is 0. The smallest absolute Gasteiger partial charge is 0.315 e. The predicted octanol–water partition coefficient (Wildman–Crippen LogP) is 3.34. The molecule has 3 rings (SSSR count). The molecule has 0 radical (unpaired) electrons. The maximum Gasteiger partial charge on any atom is 0.315 e. The minimum absolute atomic E-state index is 0.0620. The van der Waals surface area contributed by atoms with E-state index in [1.807, 2.05) is 30.3 Å². The van der Waals surface area contributed by atoms with Crippen LogP contribution >= 0.6 is 0 Å². The van der Waals surface area contributed by atoms with Crippen molar-refractivity contribution in [3.05, 3.63) is 35.9 Å². The van der Waals surface area contributed by atoms with E-state index < -0.39 is 5.97 Å². The predicted molar refractivity (Wildman–Crippen MR) is 96.3 cm³/mol. The lowest BCUT2D eigenvalue weighted by molar-refractivity contribution is -0.137. The number of hydrogen-bond acceptors (Lipinski definition) is 2. The molecule has 2 saturated carbocycles. The van der Waals surface area contributed by atoms with Gasteiger partial charge in [0, 0.05) is 18.5 Å². The summed E-state index contributed by atoms with van der Waals surface area (Å²) in [6, 6.07) is 9.88. The molecule has 1 aromatic carbocycles. The Balaban J connectivity index is 1.55. The van der Waals surface area contributed by atoms with Gasteiger partial charge in [-0.05, 0) is 55.9 Å². The van der Waals surface area contributed by atoms with Crippen molar-refractivity contribution in [2.24, 2.45) is 11.8 Å². The van der Waals surface area contributed by atoms with E-state index in [1.54, 1.807) is 0 Å². The molecule has 3 N–H and O–H groups in total. The molecule has 2 aliphatic rings. The average molecular weight is 344 g/mol. The number of benzene rings is 1. The van der Waals surface area contributed by atoms with Gasteiger partial charge in [-0.3, -0.25) is 4.79 Å². The maximum absolute atomic E-state index is 12.5. The van der Waals surface area contributed by atoms with Gasteiger partial charge in [-0.15, -0.1) is 0 Å². The fourth-order valence-electron chi connectivity index (χ4n) is 3.67. The molecule has 0 aromatic heterocycles. The first kappa shape index (κ1) is 17.8. The zero-order chi connectivity index (χ0) is 17.6. The Kier molecular flexibility index (Phi) is 5.95. The van der Waals surface area contributed by atoms with Crippen LogP contribution in [0.15, 0.2) is 30.3 Å². The lowest BCUT2D eigenvalue weighted by atomic mass is 9.78. The fraction of sp³-hybridized carbons (Fsp3) is 0.600. The van der Waals surface area contributed by atoms with Crippen LogP contribution in [-0.2, 0) is 11.2 Å². The van der Waals surface area contributed by atoms with E-state index in [0.29, 0.717) is 30.7 Å². The second-order valence-corrected chi connectivity index (χ2v) is 7.49. The average Bonchev–Trinajstić information content (AvgIpc) is 3.36. The zero-order valence-corrected chi connectivity index (χ0v) is 14.6. The van der Waals surface area contributed by atoms with Crippen LogP contribution in [0.1, 0.15) is 50.5 Å². The summed E-state index contributed by atoms with van der Waals surface area (Å²) in [6.07, 6.45) is 7.29. The summed E-state index contributed by atoms with van der Waals surface area (Å²) >= 11 is 0. The molecule has 0 bridgehead atoms. The number of hydrogen-bond donors (Lipinski definition) is 3. The van der Waals surface area contributed by atoms with Gasteiger partial charge in [0.25, 0.3) is 0 Å². The monoisotopic (exact) mass is 344 g/mol. The van der Waals surface area contributed by atoms with Crippen molar-refractivity contribution in [2.75, 3.05) is 0 Å². The molecule has 0 aliphatic heterocycles. The molecule has 0 saturated heterocycles. The lowest BCUT2D eigenvalue weighted by Crippen LogP contribution is -2.51. The highest BCUT2D eigenvalue weighted by molar-refractivity contribution is 5.75. The first-order valence-electron chi connectivity index (χ1n) is 9.44. The molecule has 2 aliphatic carbocycles. The van der Waals surface area contributed by atoms with Crippen molar-refractivity contribution in [1.29, 1.82) is 0 Å². The van der Waals surface area contributed by atoms with Crippen molar-refractivity contribution in [2.45, 2.75) is 63.5 Å². The first-order chi connectivity index (χ1) is 12.1. The molecular weight excluding hydrogens is 316 g/mol. The van der Waals surface area contributed by atoms with Gasteiger partial charge in [0.05, 0.1) is 0 Å². The quantitative estimate of drug-likeness (QED) is 0.643. The number of urea groups is 1. The molecule has 2 atom stereocenters. The molecule has 25 heavy (non-hydrogen) atoms. The Morgan fingerprint density at radius 2 is 1.72 bits per heavy atom. The van der Waals surface area contributed by atoms with Crippen molar-refractivity contribution in [1.82, 2.24) is 10.6 Å². The summed E-state index contributed by atoms with van der Waals surface area (Å²) in [5, 5.41) is 15.2. The molecule has 5 heteroatoms. The summed E-state index contributed by atoms with van der Waals surface area (Å²) in [4.78, 5) is 23.4. The maximum atomic E-state index is 12.5. The Bertz CT molecular complexity index is 582. The molecule has 1 aromatic rings. The van der Waals surface area contributed by atoms with Crippen LogP contribution < -0.4 is 10.6 Å². The van der Waals surface area contributed by atoms with Crippen LogP contribution in [0, 0.1) is 11.8 Å². The molecule has 2 fully saturated rings. The largest absolute Gasteiger partial charge is 0.481 e. The van der Waals surface area contributed by atoms with E-state index in [-0.39, 0.29) is 18.5 Å². The van der Waals surface area contributed by atoms with Crippen molar-refractivity contribution in [3.63, 3.8) is 0 Å². The van der Waals surface area contributed by atoms with Gasteiger partial charge in [0.15, 0.2) is 0 Å². The number of nitrogens with one attached hydrogen (secondary N) is 2. The van der Waals surface area contributed by atoms with Gasteiger partial charge >= 0.3 is 12.0 Å². The van der Waals surface area contributed by atoms with E-state index in [1.165, 1.54) is 32.1 Å². The fourth-order valence-corrected chi connectivity index (χ4v) is 3.67. The topological polar surface area (TPSA) is 78.4 Å². The second kappa shape index (κ2) is 8.37. The van der Waals surface area contributed by atoms with E-state index >= 15 is 0 Å². The van der Waals surface area contributed by atoms with Gasteiger partial charge in [0.2, 0.25) is 0 Å². The van der Waals surface area contributed by atoms with Crippen molar-refractivity contribution in [3.8, 4) is 0 Å². The molecule has 0 heterocycles. The molecule has 2 amide bonds. The SMILES string of the molecule is O=C(O)CCC(Cc1ccccc1)NC(=O)NC(C1CCC1)C1CC1. The summed E-state index contributed by atoms with van der Waals surface area (Å²) < 4.78 is 0. The van der Waals surface area contributed by atoms with E-state index in [4.69, 9.17) is 5.11 Å². The third-order valence-corrected chi connectivity index (χ3v) is 5.45. The molecule has 136 valence electrons. The zero-order valence-electron chi connectivity index (χ0n) is 14.6. The van der Waals surface area contributed by atoms with Crippen LogP contribution in [0.2, 0.25) is 0 Å². The third-order valence-electron chi connectivity index (χ3n) is 5.45.